The average Bonchev–Trinajstić information content (AvgIpc) is 3.37. The van der Waals surface area contributed by atoms with E-state index in [9.17, 15) is 19.1 Å². The molecule has 5 nitrogen and oxygen atoms in total. The number of anilines is 1. The summed E-state index contributed by atoms with van der Waals surface area (Å²) in [4.78, 5) is 31.5. The van der Waals surface area contributed by atoms with Gasteiger partial charge < -0.3 is 5.11 Å². The number of amides is 1. The second-order valence-corrected chi connectivity index (χ2v) is 7.36. The third kappa shape index (κ3) is 2.63. The Hall–Kier alpha value is -2.84. The van der Waals surface area contributed by atoms with Gasteiger partial charge in [0, 0.05) is 22.0 Å². The van der Waals surface area contributed by atoms with Gasteiger partial charge in [0.15, 0.2) is 5.13 Å². The van der Waals surface area contributed by atoms with Crippen molar-refractivity contribution >= 4 is 45.3 Å². The number of carbonyl (C=O) groups excluding carboxylic acids is 2. The van der Waals surface area contributed by atoms with Gasteiger partial charge in [-0.1, -0.05) is 6.07 Å². The van der Waals surface area contributed by atoms with Crippen LogP contribution in [0, 0.1) is 5.82 Å². The molecule has 1 aliphatic heterocycles. The maximum atomic E-state index is 13.2. The molecule has 0 unspecified atom stereocenters. The number of carbonyl (C=O) groups is 2. The van der Waals surface area contributed by atoms with E-state index in [0.29, 0.717) is 5.13 Å². The van der Waals surface area contributed by atoms with Crippen molar-refractivity contribution < 1.29 is 19.1 Å². The van der Waals surface area contributed by atoms with Crippen molar-refractivity contribution in [3.05, 3.63) is 75.2 Å². The molecular formula is C18H11FN2O3S2. The highest BCUT2D eigenvalue weighted by Crippen LogP contribution is 2.43. The molecule has 1 aliphatic rings. The molecule has 1 amide bonds. The van der Waals surface area contributed by atoms with Gasteiger partial charge in [0.2, 0.25) is 0 Å². The van der Waals surface area contributed by atoms with Gasteiger partial charge in [0.05, 0.1) is 5.57 Å². The number of aromatic nitrogens is 1. The summed E-state index contributed by atoms with van der Waals surface area (Å²) >= 11 is 2.60. The van der Waals surface area contributed by atoms with E-state index < -0.39 is 23.5 Å². The van der Waals surface area contributed by atoms with Crippen molar-refractivity contribution in [3.63, 3.8) is 0 Å². The minimum atomic E-state index is -0.791. The van der Waals surface area contributed by atoms with Crippen LogP contribution in [0.1, 0.15) is 16.5 Å². The predicted molar refractivity (Wildman–Crippen MR) is 97.6 cm³/mol. The molecule has 3 aromatic rings. The summed E-state index contributed by atoms with van der Waals surface area (Å²) in [6.45, 7) is 0. The van der Waals surface area contributed by atoms with Gasteiger partial charge >= 0.3 is 5.91 Å². The topological polar surface area (TPSA) is 70.5 Å². The van der Waals surface area contributed by atoms with E-state index in [4.69, 9.17) is 0 Å². The molecule has 0 aliphatic carbocycles. The lowest BCUT2D eigenvalue weighted by Crippen LogP contribution is -2.28. The third-order valence-electron chi connectivity index (χ3n) is 4.00. The molecule has 4 rings (SSSR count). The van der Waals surface area contributed by atoms with Crippen LogP contribution in [-0.4, -0.2) is 21.8 Å². The molecule has 0 radical (unpaired) electrons. The van der Waals surface area contributed by atoms with Gasteiger partial charge in [-0.25, -0.2) is 9.37 Å². The number of thiazole rings is 1. The fraction of sp³-hybridized carbons (Fsp3) is 0.0556. The van der Waals surface area contributed by atoms with Crippen LogP contribution in [0.4, 0.5) is 9.52 Å². The fourth-order valence-electron chi connectivity index (χ4n) is 2.84. The Morgan fingerprint density at radius 2 is 1.88 bits per heavy atom. The maximum Gasteiger partial charge on any atom is 0.301 e. The molecule has 1 fully saturated rings. The lowest BCUT2D eigenvalue weighted by molar-refractivity contribution is -0.132. The van der Waals surface area contributed by atoms with Crippen molar-refractivity contribution in [1.82, 2.24) is 4.98 Å². The summed E-state index contributed by atoms with van der Waals surface area (Å²) in [5, 5.41) is 14.6. The van der Waals surface area contributed by atoms with E-state index in [1.165, 1.54) is 51.8 Å². The van der Waals surface area contributed by atoms with Crippen molar-refractivity contribution in [2.75, 3.05) is 4.90 Å². The molecular weight excluding hydrogens is 375 g/mol. The Kier molecular flexibility index (Phi) is 4.14. The van der Waals surface area contributed by atoms with Crippen LogP contribution in [0.3, 0.4) is 0 Å². The third-order valence-corrected chi connectivity index (χ3v) is 5.70. The Morgan fingerprint density at radius 1 is 1.12 bits per heavy atom. The first-order valence-corrected chi connectivity index (χ1v) is 9.33. The summed E-state index contributed by atoms with van der Waals surface area (Å²) in [7, 11) is 0. The lowest BCUT2D eigenvalue weighted by Gasteiger charge is -2.21. The monoisotopic (exact) mass is 386 g/mol. The number of aliphatic hydroxyl groups excluding tert-OH is 1. The number of thiophene rings is 1. The van der Waals surface area contributed by atoms with Crippen LogP contribution in [0.15, 0.2) is 58.9 Å². The second kappa shape index (κ2) is 6.47. The number of nitrogens with zero attached hydrogens (tertiary/aromatic N) is 2. The van der Waals surface area contributed by atoms with E-state index in [0.717, 1.165) is 4.88 Å². The van der Waals surface area contributed by atoms with Crippen molar-refractivity contribution in [2.45, 2.75) is 6.04 Å². The number of hydrogen-bond donors (Lipinski definition) is 1. The fourth-order valence-corrected chi connectivity index (χ4v) is 4.33. The van der Waals surface area contributed by atoms with Crippen LogP contribution in [0.5, 0.6) is 0 Å². The quantitative estimate of drug-likeness (QED) is 0.420. The lowest BCUT2D eigenvalue weighted by atomic mass is 10.00. The summed E-state index contributed by atoms with van der Waals surface area (Å²) in [5.41, 5.74) is 0.240. The number of rotatable bonds is 3. The molecule has 2 aromatic heterocycles. The van der Waals surface area contributed by atoms with E-state index in [-0.39, 0.29) is 16.9 Å². The van der Waals surface area contributed by atoms with Crippen molar-refractivity contribution in [2.24, 2.45) is 0 Å². The molecule has 1 saturated heterocycles. The van der Waals surface area contributed by atoms with Gasteiger partial charge in [0.25, 0.3) is 5.78 Å². The summed E-state index contributed by atoms with van der Waals surface area (Å²) in [6.07, 6.45) is 1.55. The standard InChI is InChI=1S/C18H11FN2O3S2/c19-11-5-3-10(4-6-11)15(22)13-14(12-2-1-8-25-12)21(17(24)16(13)23)18-20-7-9-26-18/h1-9,14,22H/t14-/m1/s1. The molecule has 0 bridgehead atoms. The van der Waals surface area contributed by atoms with Crippen LogP contribution in [0.25, 0.3) is 5.76 Å². The van der Waals surface area contributed by atoms with Crippen molar-refractivity contribution in [1.29, 1.82) is 0 Å². The Bertz CT molecular complexity index is 996. The molecule has 0 spiro atoms. The normalized spacial score (nSPS) is 19.3. The Balaban J connectivity index is 1.92. The van der Waals surface area contributed by atoms with E-state index >= 15 is 0 Å². The van der Waals surface area contributed by atoms with Gasteiger partial charge in [-0.05, 0) is 35.7 Å². The van der Waals surface area contributed by atoms with E-state index in [1.54, 1.807) is 23.7 Å². The predicted octanol–water partition coefficient (Wildman–Crippen LogP) is 3.97. The summed E-state index contributed by atoms with van der Waals surface area (Å²) in [5.74, 6) is -2.33. The van der Waals surface area contributed by atoms with Gasteiger partial charge in [-0.3, -0.25) is 14.5 Å². The van der Waals surface area contributed by atoms with E-state index in [2.05, 4.69) is 4.98 Å². The zero-order valence-electron chi connectivity index (χ0n) is 13.1. The number of ketones is 1. The van der Waals surface area contributed by atoms with Gasteiger partial charge in [0.1, 0.15) is 17.6 Å². The highest BCUT2D eigenvalue weighted by Gasteiger charge is 2.48. The van der Waals surface area contributed by atoms with Crippen LogP contribution in [0.2, 0.25) is 0 Å². The molecule has 130 valence electrons. The SMILES string of the molecule is O=C1C(=O)N(c2nccs2)[C@H](c2cccs2)C1=C(O)c1ccc(F)cc1. The van der Waals surface area contributed by atoms with Crippen LogP contribution in [-0.2, 0) is 9.59 Å². The Labute approximate surface area is 155 Å². The Morgan fingerprint density at radius 3 is 2.50 bits per heavy atom. The summed E-state index contributed by atoms with van der Waals surface area (Å²) in [6, 6.07) is 7.93. The average molecular weight is 386 g/mol. The summed E-state index contributed by atoms with van der Waals surface area (Å²) < 4.78 is 13.2. The van der Waals surface area contributed by atoms with Gasteiger partial charge in [-0.2, -0.15) is 0 Å². The van der Waals surface area contributed by atoms with E-state index in [1.807, 2.05) is 5.38 Å². The number of Topliss-reactive ketones (excluding diaryl/α,β-unsaturated/α-hetero) is 1. The maximum absolute atomic E-state index is 13.2. The first-order valence-electron chi connectivity index (χ1n) is 7.58. The number of benzene rings is 1. The molecule has 1 N–H and O–H groups in total. The molecule has 1 aromatic carbocycles. The molecule has 1 atom stereocenters. The number of halogens is 1. The first kappa shape index (κ1) is 16.6. The van der Waals surface area contributed by atoms with Crippen LogP contribution < -0.4 is 4.90 Å². The molecule has 26 heavy (non-hydrogen) atoms. The molecule has 0 saturated carbocycles. The zero-order valence-corrected chi connectivity index (χ0v) is 14.8. The highest BCUT2D eigenvalue weighted by atomic mass is 32.1. The van der Waals surface area contributed by atoms with Crippen molar-refractivity contribution in [3.8, 4) is 0 Å². The number of hydrogen-bond acceptors (Lipinski definition) is 6. The zero-order chi connectivity index (χ0) is 18.3. The molecule has 3 heterocycles. The first-order chi connectivity index (χ1) is 12.6. The minimum Gasteiger partial charge on any atom is -0.507 e. The van der Waals surface area contributed by atoms with Gasteiger partial charge in [-0.15, -0.1) is 22.7 Å². The minimum absolute atomic E-state index is 0.0285. The smallest absolute Gasteiger partial charge is 0.301 e. The van der Waals surface area contributed by atoms with Crippen LogP contribution >= 0.6 is 22.7 Å². The molecule has 8 heteroatoms. The highest BCUT2D eigenvalue weighted by molar-refractivity contribution is 7.14. The largest absolute Gasteiger partial charge is 0.507 e. The number of aliphatic hydroxyl groups is 1. The second-order valence-electron chi connectivity index (χ2n) is 5.51.